The molecule has 4 rings (SSSR count). The highest BCUT2D eigenvalue weighted by Gasteiger charge is 2.29. The molecule has 0 fully saturated rings. The highest BCUT2D eigenvalue weighted by molar-refractivity contribution is 6.31. The number of halogens is 1. The van der Waals surface area contributed by atoms with E-state index in [9.17, 15) is 0 Å². The van der Waals surface area contributed by atoms with Gasteiger partial charge in [0.1, 0.15) is 6.04 Å². The van der Waals surface area contributed by atoms with Crippen LogP contribution in [0.25, 0.3) is 10.9 Å². The van der Waals surface area contributed by atoms with Crippen LogP contribution in [0.2, 0.25) is 5.02 Å². The number of nitrogens with zero attached hydrogens (tertiary/aromatic N) is 3. The second kappa shape index (κ2) is 5.50. The molecule has 108 valence electrons. The Bertz CT molecular complexity index is 845. The number of hydrogen-bond donors (Lipinski definition) is 0. The summed E-state index contributed by atoms with van der Waals surface area (Å²) in [6.45, 7) is 0.702. The van der Waals surface area contributed by atoms with E-state index in [0.29, 0.717) is 6.54 Å². The van der Waals surface area contributed by atoms with Crippen LogP contribution < -0.4 is 0 Å². The largest absolute Gasteiger partial charge is 0.256 e. The first-order valence-electron chi connectivity index (χ1n) is 7.28. The van der Waals surface area contributed by atoms with E-state index in [1.807, 2.05) is 42.6 Å². The summed E-state index contributed by atoms with van der Waals surface area (Å²) in [6, 6.07) is 18.3. The lowest BCUT2D eigenvalue weighted by molar-refractivity contribution is 0.634. The van der Waals surface area contributed by atoms with Crippen LogP contribution in [0.5, 0.6) is 0 Å². The molecule has 0 bridgehead atoms. The predicted octanol–water partition coefficient (Wildman–Crippen LogP) is 5.18. The first kappa shape index (κ1) is 13.4. The van der Waals surface area contributed by atoms with Gasteiger partial charge in [0.25, 0.3) is 0 Å². The smallest absolute Gasteiger partial charge is 0.104 e. The molecule has 3 nitrogen and oxygen atoms in total. The Labute approximate surface area is 133 Å². The molecule has 1 aromatic heterocycles. The molecule has 2 heterocycles. The van der Waals surface area contributed by atoms with Gasteiger partial charge in [-0.05, 0) is 35.4 Å². The van der Waals surface area contributed by atoms with Gasteiger partial charge in [0.15, 0.2) is 0 Å². The Kier molecular flexibility index (Phi) is 3.35. The van der Waals surface area contributed by atoms with Crippen LogP contribution in [0.1, 0.15) is 23.1 Å². The van der Waals surface area contributed by atoms with E-state index in [-0.39, 0.29) is 12.0 Å². The number of benzene rings is 2. The van der Waals surface area contributed by atoms with Crippen molar-refractivity contribution >= 4 is 22.5 Å². The molecule has 0 spiro atoms. The van der Waals surface area contributed by atoms with E-state index >= 15 is 0 Å². The maximum atomic E-state index is 6.09. The lowest BCUT2D eigenvalue weighted by atomic mass is 9.89. The second-order valence-corrected chi connectivity index (χ2v) is 5.94. The topological polar surface area (TPSA) is 37.6 Å². The maximum absolute atomic E-state index is 6.09. The molecule has 3 aromatic rings. The van der Waals surface area contributed by atoms with E-state index in [1.54, 1.807) is 0 Å². The van der Waals surface area contributed by atoms with Crippen LogP contribution >= 0.6 is 11.6 Å². The molecule has 0 saturated heterocycles. The van der Waals surface area contributed by atoms with Crippen LogP contribution in [0.15, 0.2) is 71.0 Å². The van der Waals surface area contributed by atoms with Gasteiger partial charge in [-0.15, -0.1) is 0 Å². The normalized spacial score (nSPS) is 20.6. The summed E-state index contributed by atoms with van der Waals surface area (Å²) in [6.07, 6.45) is 1.94. The van der Waals surface area contributed by atoms with Gasteiger partial charge in [-0.1, -0.05) is 41.9 Å². The summed E-state index contributed by atoms with van der Waals surface area (Å²) in [5, 5.41) is 10.5. The summed E-state index contributed by atoms with van der Waals surface area (Å²) >= 11 is 6.09. The van der Waals surface area contributed by atoms with Gasteiger partial charge in [0.2, 0.25) is 0 Å². The van der Waals surface area contributed by atoms with Crippen LogP contribution in [0, 0.1) is 0 Å². The number of pyridine rings is 1. The second-order valence-electron chi connectivity index (χ2n) is 5.51. The van der Waals surface area contributed by atoms with Crippen molar-refractivity contribution in [2.45, 2.75) is 12.0 Å². The van der Waals surface area contributed by atoms with Gasteiger partial charge in [-0.25, -0.2) is 0 Å². The van der Waals surface area contributed by atoms with E-state index in [4.69, 9.17) is 11.6 Å². The minimum Gasteiger partial charge on any atom is -0.256 e. The first-order chi connectivity index (χ1) is 10.8. The molecule has 1 aliphatic rings. The molecule has 0 N–H and O–H groups in total. The fraction of sp³-hybridized carbons (Fsp3) is 0.167. The fourth-order valence-electron chi connectivity index (χ4n) is 2.96. The van der Waals surface area contributed by atoms with Crippen LogP contribution in [-0.4, -0.2) is 11.5 Å². The third-order valence-electron chi connectivity index (χ3n) is 4.10. The zero-order chi connectivity index (χ0) is 14.9. The summed E-state index contributed by atoms with van der Waals surface area (Å²) < 4.78 is 0. The maximum Gasteiger partial charge on any atom is 0.104 e. The van der Waals surface area contributed by atoms with Gasteiger partial charge in [0, 0.05) is 22.5 Å². The Morgan fingerprint density at radius 2 is 1.82 bits per heavy atom. The van der Waals surface area contributed by atoms with Crippen molar-refractivity contribution in [2.24, 2.45) is 10.2 Å². The van der Waals surface area contributed by atoms with Crippen molar-refractivity contribution in [3.8, 4) is 0 Å². The molecule has 1 aliphatic heterocycles. The Hall–Kier alpha value is -2.26. The van der Waals surface area contributed by atoms with E-state index in [0.717, 1.165) is 21.5 Å². The van der Waals surface area contributed by atoms with Crippen molar-refractivity contribution in [3.05, 3.63) is 76.9 Å². The number of fused-ring (bicyclic) bond motifs is 1. The summed E-state index contributed by atoms with van der Waals surface area (Å²) in [5.74, 6) is 0.235. The van der Waals surface area contributed by atoms with Gasteiger partial charge in [0.05, 0.1) is 12.1 Å². The fourth-order valence-corrected chi connectivity index (χ4v) is 3.14. The minimum atomic E-state index is 0.0691. The molecule has 4 heteroatoms. The van der Waals surface area contributed by atoms with Crippen molar-refractivity contribution in [3.63, 3.8) is 0 Å². The monoisotopic (exact) mass is 307 g/mol. The van der Waals surface area contributed by atoms with Gasteiger partial charge in [-0.3, -0.25) is 4.98 Å². The zero-order valence-electron chi connectivity index (χ0n) is 11.9. The van der Waals surface area contributed by atoms with Crippen molar-refractivity contribution in [1.29, 1.82) is 0 Å². The number of azo groups is 1. The summed E-state index contributed by atoms with van der Waals surface area (Å²) in [4.78, 5) is 4.55. The average Bonchev–Trinajstić information content (AvgIpc) is 3.04. The molecule has 0 saturated carbocycles. The Morgan fingerprint density at radius 3 is 2.68 bits per heavy atom. The minimum absolute atomic E-state index is 0.0691. The van der Waals surface area contributed by atoms with Crippen molar-refractivity contribution < 1.29 is 0 Å². The van der Waals surface area contributed by atoms with Gasteiger partial charge in [-0.2, -0.15) is 10.2 Å². The molecule has 0 amide bonds. The third kappa shape index (κ3) is 2.38. The highest BCUT2D eigenvalue weighted by Crippen LogP contribution is 2.39. The quantitative estimate of drug-likeness (QED) is 0.643. The van der Waals surface area contributed by atoms with E-state index < -0.39 is 0 Å². The number of aromatic nitrogens is 1. The Balaban J connectivity index is 1.74. The lowest BCUT2D eigenvalue weighted by Gasteiger charge is -2.17. The third-order valence-corrected chi connectivity index (χ3v) is 4.33. The van der Waals surface area contributed by atoms with E-state index in [1.165, 1.54) is 5.56 Å². The first-order valence-corrected chi connectivity index (χ1v) is 7.66. The molecular formula is C18H14ClN3. The molecule has 2 aromatic carbocycles. The highest BCUT2D eigenvalue weighted by atomic mass is 35.5. The van der Waals surface area contributed by atoms with Crippen molar-refractivity contribution in [1.82, 2.24) is 4.98 Å². The Morgan fingerprint density at radius 1 is 0.955 bits per heavy atom. The predicted molar refractivity (Wildman–Crippen MR) is 88.4 cm³/mol. The average molecular weight is 308 g/mol. The molecular weight excluding hydrogens is 294 g/mol. The molecule has 0 radical (unpaired) electrons. The lowest BCUT2D eigenvalue weighted by Crippen LogP contribution is -2.08. The van der Waals surface area contributed by atoms with Crippen LogP contribution in [0.4, 0.5) is 0 Å². The summed E-state index contributed by atoms with van der Waals surface area (Å²) in [7, 11) is 0. The van der Waals surface area contributed by atoms with E-state index in [2.05, 4.69) is 33.4 Å². The standard InChI is InChI=1S/C18H14ClN3/c19-15-6-7-17-13(9-15)8-14(10-20-17)16-11-21-22-18(16)12-4-2-1-3-5-12/h1-10,16,18H,11H2. The van der Waals surface area contributed by atoms with Crippen LogP contribution in [-0.2, 0) is 0 Å². The SMILES string of the molecule is Clc1ccc2ncc(C3CN=NC3c3ccccc3)cc2c1. The van der Waals surface area contributed by atoms with Gasteiger partial charge < -0.3 is 0 Å². The number of rotatable bonds is 2. The zero-order valence-corrected chi connectivity index (χ0v) is 12.6. The molecule has 22 heavy (non-hydrogen) atoms. The number of hydrogen-bond acceptors (Lipinski definition) is 3. The molecule has 2 unspecified atom stereocenters. The molecule has 0 aliphatic carbocycles. The van der Waals surface area contributed by atoms with Gasteiger partial charge >= 0.3 is 0 Å². The van der Waals surface area contributed by atoms with Crippen molar-refractivity contribution in [2.75, 3.05) is 6.54 Å². The molecule has 2 atom stereocenters. The summed E-state index contributed by atoms with van der Waals surface area (Å²) in [5.41, 5.74) is 3.31. The van der Waals surface area contributed by atoms with Crippen LogP contribution in [0.3, 0.4) is 0 Å².